The lowest BCUT2D eigenvalue weighted by molar-refractivity contribution is -0.128. The van der Waals surface area contributed by atoms with E-state index in [-0.39, 0.29) is 23.0 Å². The average Bonchev–Trinajstić information content (AvgIpc) is 2.61. The van der Waals surface area contributed by atoms with E-state index in [1.54, 1.807) is 0 Å². The molecule has 3 unspecified atom stereocenters. The highest BCUT2D eigenvalue weighted by Gasteiger charge is 2.65. The number of sulfonamides is 1. The van der Waals surface area contributed by atoms with Crippen LogP contribution in [0.4, 0.5) is 0 Å². The number of ketones is 1. The fourth-order valence-electron chi connectivity index (χ4n) is 3.86. The average molecular weight is 287 g/mol. The molecule has 19 heavy (non-hydrogen) atoms. The highest BCUT2D eigenvalue weighted by molar-refractivity contribution is 7.89. The van der Waals surface area contributed by atoms with Gasteiger partial charge in [-0.05, 0) is 37.5 Å². The first-order valence-electron chi connectivity index (χ1n) is 7.18. The lowest BCUT2D eigenvalue weighted by Crippen LogP contribution is -2.46. The molecule has 2 rings (SSSR count). The van der Waals surface area contributed by atoms with E-state index >= 15 is 0 Å². The molecule has 0 aromatic rings. The highest BCUT2D eigenvalue weighted by atomic mass is 32.2. The van der Waals surface area contributed by atoms with Crippen LogP contribution in [-0.4, -0.2) is 26.0 Å². The second-order valence-corrected chi connectivity index (χ2v) is 8.61. The lowest BCUT2D eigenvalue weighted by atomic mass is 9.70. The lowest BCUT2D eigenvalue weighted by Gasteiger charge is -2.36. The van der Waals surface area contributed by atoms with Crippen LogP contribution in [0.25, 0.3) is 0 Å². The van der Waals surface area contributed by atoms with Gasteiger partial charge in [0.25, 0.3) is 0 Å². The highest BCUT2D eigenvalue weighted by Crippen LogP contribution is 2.64. The fourth-order valence-corrected chi connectivity index (χ4v) is 6.05. The molecule has 0 heterocycles. The van der Waals surface area contributed by atoms with Crippen molar-refractivity contribution in [2.24, 2.45) is 16.7 Å². The molecule has 2 saturated carbocycles. The van der Waals surface area contributed by atoms with Crippen LogP contribution in [0.3, 0.4) is 0 Å². The predicted octanol–water partition coefficient (Wildman–Crippen LogP) is 2.10. The Bertz CT molecular complexity index is 483. The van der Waals surface area contributed by atoms with E-state index in [0.29, 0.717) is 12.3 Å². The summed E-state index contributed by atoms with van der Waals surface area (Å²) in [6.07, 6.45) is 3.03. The molecule has 0 spiro atoms. The Morgan fingerprint density at radius 2 is 2.05 bits per heavy atom. The van der Waals surface area contributed by atoms with E-state index in [4.69, 9.17) is 0 Å². The molecular formula is C14H25NO3S. The standard InChI is InChI=1S/C14H25NO3S/c1-5-10(2)15-19(17,18)9-14-7-6-11(8-12(14)16)13(14,3)4/h10-11,15H,5-9H2,1-4H3. The third kappa shape index (κ3) is 2.25. The van der Waals surface area contributed by atoms with Crippen molar-refractivity contribution < 1.29 is 13.2 Å². The van der Waals surface area contributed by atoms with Crippen molar-refractivity contribution in [2.75, 3.05) is 5.75 Å². The molecule has 2 bridgehead atoms. The van der Waals surface area contributed by atoms with Gasteiger partial charge < -0.3 is 0 Å². The van der Waals surface area contributed by atoms with Crippen LogP contribution in [0, 0.1) is 16.7 Å². The first kappa shape index (κ1) is 15.0. The minimum atomic E-state index is -3.39. The molecule has 110 valence electrons. The predicted molar refractivity (Wildman–Crippen MR) is 75.2 cm³/mol. The van der Waals surface area contributed by atoms with E-state index in [0.717, 1.165) is 19.3 Å². The summed E-state index contributed by atoms with van der Waals surface area (Å²) in [4.78, 5) is 12.3. The number of carbonyl (C=O) groups is 1. The molecule has 2 aliphatic rings. The van der Waals surface area contributed by atoms with E-state index in [1.807, 2.05) is 13.8 Å². The fraction of sp³-hybridized carbons (Fsp3) is 0.929. The van der Waals surface area contributed by atoms with Gasteiger partial charge in [-0.3, -0.25) is 4.79 Å². The van der Waals surface area contributed by atoms with Gasteiger partial charge in [0.1, 0.15) is 5.78 Å². The minimum Gasteiger partial charge on any atom is -0.299 e. The largest absolute Gasteiger partial charge is 0.299 e. The summed E-state index contributed by atoms with van der Waals surface area (Å²) in [6, 6.07) is -0.0711. The van der Waals surface area contributed by atoms with Gasteiger partial charge >= 0.3 is 0 Å². The van der Waals surface area contributed by atoms with E-state index in [1.165, 1.54) is 0 Å². The van der Waals surface area contributed by atoms with Crippen molar-refractivity contribution in [3.63, 3.8) is 0 Å². The number of Topliss-reactive ketones (excluding diaryl/α,β-unsaturated/α-hetero) is 1. The Balaban J connectivity index is 2.24. The van der Waals surface area contributed by atoms with E-state index < -0.39 is 15.4 Å². The van der Waals surface area contributed by atoms with Crippen LogP contribution < -0.4 is 4.72 Å². The third-order valence-corrected chi connectivity index (χ3v) is 7.20. The number of nitrogens with one attached hydrogen (secondary N) is 1. The zero-order valence-corrected chi connectivity index (χ0v) is 13.1. The first-order valence-corrected chi connectivity index (χ1v) is 8.83. The van der Waals surface area contributed by atoms with Crippen LogP contribution >= 0.6 is 0 Å². The van der Waals surface area contributed by atoms with Gasteiger partial charge in [-0.15, -0.1) is 0 Å². The summed E-state index contributed by atoms with van der Waals surface area (Å²) in [5.74, 6) is 0.481. The topological polar surface area (TPSA) is 63.2 Å². The number of hydrogen-bond acceptors (Lipinski definition) is 3. The molecule has 5 heteroatoms. The Morgan fingerprint density at radius 1 is 1.42 bits per heavy atom. The van der Waals surface area contributed by atoms with Crippen LogP contribution in [0.5, 0.6) is 0 Å². The van der Waals surface area contributed by atoms with Gasteiger partial charge in [0, 0.05) is 17.9 Å². The molecule has 4 nitrogen and oxygen atoms in total. The zero-order valence-electron chi connectivity index (χ0n) is 12.3. The maximum absolute atomic E-state index is 12.3. The summed E-state index contributed by atoms with van der Waals surface area (Å²) < 4.78 is 27.3. The van der Waals surface area contributed by atoms with E-state index in [9.17, 15) is 13.2 Å². The first-order chi connectivity index (χ1) is 8.64. The Labute approximate surface area is 116 Å². The van der Waals surface area contributed by atoms with Crippen molar-refractivity contribution in [1.82, 2.24) is 4.72 Å². The van der Waals surface area contributed by atoms with Crippen LogP contribution in [0.1, 0.15) is 53.4 Å². The van der Waals surface area contributed by atoms with Gasteiger partial charge in [0.05, 0.1) is 5.75 Å². The molecule has 0 amide bonds. The second kappa shape index (κ2) is 4.55. The molecule has 0 aliphatic heterocycles. The summed E-state index contributed by atoms with van der Waals surface area (Å²) in [5.41, 5.74) is -0.842. The van der Waals surface area contributed by atoms with Crippen molar-refractivity contribution in [3.05, 3.63) is 0 Å². The SMILES string of the molecule is CCC(C)NS(=O)(=O)CC12CCC(CC1=O)C2(C)C. The van der Waals surface area contributed by atoms with Crippen molar-refractivity contribution >= 4 is 15.8 Å². The number of carbonyl (C=O) groups excluding carboxylic acids is 1. The van der Waals surface area contributed by atoms with Crippen LogP contribution in [0.2, 0.25) is 0 Å². The van der Waals surface area contributed by atoms with Crippen molar-refractivity contribution in [3.8, 4) is 0 Å². The maximum atomic E-state index is 12.3. The van der Waals surface area contributed by atoms with Crippen molar-refractivity contribution in [2.45, 2.75) is 59.4 Å². The molecule has 0 saturated heterocycles. The molecule has 3 atom stereocenters. The normalized spacial score (nSPS) is 34.7. The molecule has 1 N–H and O–H groups in total. The van der Waals surface area contributed by atoms with Crippen LogP contribution in [0.15, 0.2) is 0 Å². The quantitative estimate of drug-likeness (QED) is 0.842. The Hall–Kier alpha value is -0.420. The Morgan fingerprint density at radius 3 is 2.47 bits per heavy atom. The summed E-state index contributed by atoms with van der Waals surface area (Å²) in [6.45, 7) is 7.93. The van der Waals surface area contributed by atoms with Gasteiger partial charge in [-0.25, -0.2) is 13.1 Å². The second-order valence-electron chi connectivity index (χ2n) is 6.85. The Kier molecular flexibility index (Phi) is 3.59. The molecule has 2 aliphatic carbocycles. The number of hydrogen-bond donors (Lipinski definition) is 1. The zero-order chi connectivity index (χ0) is 14.5. The van der Waals surface area contributed by atoms with Gasteiger partial charge in [0.2, 0.25) is 10.0 Å². The number of rotatable bonds is 5. The summed E-state index contributed by atoms with van der Waals surface area (Å²) in [7, 11) is -3.39. The minimum absolute atomic E-state index is 0.0350. The molecule has 0 aromatic carbocycles. The smallest absolute Gasteiger partial charge is 0.212 e. The van der Waals surface area contributed by atoms with Gasteiger partial charge in [0.15, 0.2) is 0 Å². The van der Waals surface area contributed by atoms with Crippen LogP contribution in [-0.2, 0) is 14.8 Å². The summed E-state index contributed by atoms with van der Waals surface area (Å²) >= 11 is 0. The van der Waals surface area contributed by atoms with E-state index in [2.05, 4.69) is 18.6 Å². The third-order valence-electron chi connectivity index (χ3n) is 5.57. The summed E-state index contributed by atoms with van der Waals surface area (Å²) in [5, 5.41) is 0. The number of fused-ring (bicyclic) bond motifs is 2. The van der Waals surface area contributed by atoms with Gasteiger partial charge in [-0.2, -0.15) is 0 Å². The maximum Gasteiger partial charge on any atom is 0.212 e. The molecular weight excluding hydrogens is 262 g/mol. The van der Waals surface area contributed by atoms with Crippen molar-refractivity contribution in [1.29, 1.82) is 0 Å². The molecule has 0 aromatic heterocycles. The molecule has 0 radical (unpaired) electrons. The van der Waals surface area contributed by atoms with Gasteiger partial charge in [-0.1, -0.05) is 20.8 Å². The molecule has 2 fully saturated rings. The monoisotopic (exact) mass is 287 g/mol.